The maximum atomic E-state index is 12.2. The van der Waals surface area contributed by atoms with Crippen LogP contribution in [0.25, 0.3) is 0 Å². The Morgan fingerprint density at radius 2 is 2.18 bits per heavy atom. The molecule has 0 bridgehead atoms. The van der Waals surface area contributed by atoms with E-state index >= 15 is 0 Å². The third-order valence-corrected chi connectivity index (χ3v) is 6.40. The molecule has 0 spiro atoms. The van der Waals surface area contributed by atoms with Crippen LogP contribution in [0.2, 0.25) is 0 Å². The molecule has 1 aliphatic carbocycles. The van der Waals surface area contributed by atoms with E-state index in [0.29, 0.717) is 19.3 Å². The number of thiophene rings is 1. The van der Waals surface area contributed by atoms with E-state index in [1.165, 1.54) is 18.4 Å². The molecular weight excluding hydrogens is 326 g/mol. The standard InChI is InChI=1S/C14H21NO5S2/c1-20-14(7-2-3-8-14)12(13(16)17)15-22(18,19)10-6-11-5-4-9-21-11/h4-5,9,12,15H,2-3,6-8,10H2,1H3,(H,16,17). The van der Waals surface area contributed by atoms with Gasteiger partial charge in [0.2, 0.25) is 10.0 Å². The van der Waals surface area contributed by atoms with E-state index in [2.05, 4.69) is 4.72 Å². The average molecular weight is 347 g/mol. The third kappa shape index (κ3) is 4.07. The molecule has 1 heterocycles. The molecule has 0 radical (unpaired) electrons. The first-order valence-corrected chi connectivity index (χ1v) is 9.72. The second-order valence-electron chi connectivity index (χ2n) is 5.51. The van der Waals surface area contributed by atoms with Gasteiger partial charge in [-0.3, -0.25) is 4.79 Å². The van der Waals surface area contributed by atoms with Crippen molar-refractivity contribution in [3.05, 3.63) is 22.4 Å². The highest BCUT2D eigenvalue weighted by molar-refractivity contribution is 7.89. The Kier molecular flexibility index (Phi) is 5.60. The predicted octanol–water partition coefficient (Wildman–Crippen LogP) is 1.62. The van der Waals surface area contributed by atoms with Gasteiger partial charge < -0.3 is 9.84 Å². The van der Waals surface area contributed by atoms with Crippen molar-refractivity contribution in [2.24, 2.45) is 0 Å². The quantitative estimate of drug-likeness (QED) is 0.745. The molecule has 1 unspecified atom stereocenters. The van der Waals surface area contributed by atoms with Gasteiger partial charge in [0, 0.05) is 12.0 Å². The fraction of sp³-hybridized carbons (Fsp3) is 0.643. The smallest absolute Gasteiger partial charge is 0.324 e. The Balaban J connectivity index is 2.08. The Morgan fingerprint density at radius 3 is 2.68 bits per heavy atom. The van der Waals surface area contributed by atoms with Gasteiger partial charge in [-0.05, 0) is 30.7 Å². The van der Waals surface area contributed by atoms with Crippen LogP contribution in [0.1, 0.15) is 30.6 Å². The summed E-state index contributed by atoms with van der Waals surface area (Å²) in [5, 5.41) is 11.3. The van der Waals surface area contributed by atoms with Crippen LogP contribution >= 0.6 is 11.3 Å². The second-order valence-corrected chi connectivity index (χ2v) is 8.42. The van der Waals surface area contributed by atoms with Crippen LogP contribution in [0.4, 0.5) is 0 Å². The van der Waals surface area contributed by atoms with Gasteiger partial charge in [0.25, 0.3) is 0 Å². The molecular formula is C14H21NO5S2. The van der Waals surface area contributed by atoms with Gasteiger partial charge in [0.15, 0.2) is 0 Å². The summed E-state index contributed by atoms with van der Waals surface area (Å²) in [6, 6.07) is 2.48. The first-order valence-electron chi connectivity index (χ1n) is 7.19. The van der Waals surface area contributed by atoms with E-state index in [-0.39, 0.29) is 5.75 Å². The highest BCUT2D eigenvalue weighted by atomic mass is 32.2. The summed E-state index contributed by atoms with van der Waals surface area (Å²) in [6.45, 7) is 0. The maximum Gasteiger partial charge on any atom is 0.324 e. The van der Waals surface area contributed by atoms with Gasteiger partial charge >= 0.3 is 5.97 Å². The van der Waals surface area contributed by atoms with Crippen molar-refractivity contribution >= 4 is 27.3 Å². The van der Waals surface area contributed by atoms with Crippen molar-refractivity contribution in [2.75, 3.05) is 12.9 Å². The van der Waals surface area contributed by atoms with Crippen LogP contribution in [0.15, 0.2) is 17.5 Å². The number of aliphatic carboxylic acids is 1. The number of nitrogens with one attached hydrogen (secondary N) is 1. The SMILES string of the molecule is COC1(C(NS(=O)(=O)CCc2cccs2)C(=O)O)CCCC1. The normalized spacial score (nSPS) is 19.1. The minimum Gasteiger partial charge on any atom is -0.480 e. The lowest BCUT2D eigenvalue weighted by Gasteiger charge is -2.33. The first kappa shape index (κ1) is 17.4. The van der Waals surface area contributed by atoms with Crippen molar-refractivity contribution in [3.63, 3.8) is 0 Å². The summed E-state index contributed by atoms with van der Waals surface area (Å²) in [4.78, 5) is 12.5. The molecule has 2 N–H and O–H groups in total. The molecule has 0 aliphatic heterocycles. The van der Waals surface area contributed by atoms with Crippen LogP contribution in [-0.2, 0) is 26.0 Å². The van der Waals surface area contributed by atoms with E-state index in [0.717, 1.165) is 17.7 Å². The first-order chi connectivity index (χ1) is 10.4. The lowest BCUT2D eigenvalue weighted by molar-refractivity contribution is -0.148. The zero-order chi connectivity index (χ0) is 16.2. The van der Waals surface area contributed by atoms with Crippen molar-refractivity contribution in [2.45, 2.75) is 43.7 Å². The molecule has 1 aromatic heterocycles. The summed E-state index contributed by atoms with van der Waals surface area (Å²) in [5.41, 5.74) is -0.943. The number of hydrogen-bond donors (Lipinski definition) is 2. The van der Waals surface area contributed by atoms with Crippen LogP contribution in [-0.4, -0.2) is 44.0 Å². The topological polar surface area (TPSA) is 92.7 Å². The number of hydrogen-bond acceptors (Lipinski definition) is 5. The fourth-order valence-electron chi connectivity index (χ4n) is 2.90. The molecule has 22 heavy (non-hydrogen) atoms. The molecule has 1 fully saturated rings. The van der Waals surface area contributed by atoms with E-state index in [4.69, 9.17) is 4.74 Å². The number of ether oxygens (including phenoxy) is 1. The van der Waals surface area contributed by atoms with Gasteiger partial charge in [-0.2, -0.15) is 4.72 Å². The van der Waals surface area contributed by atoms with Crippen LogP contribution in [0.5, 0.6) is 0 Å². The lowest BCUT2D eigenvalue weighted by atomic mass is 9.93. The second kappa shape index (κ2) is 7.08. The van der Waals surface area contributed by atoms with Gasteiger partial charge in [-0.25, -0.2) is 8.42 Å². The highest BCUT2D eigenvalue weighted by Gasteiger charge is 2.47. The molecule has 1 atom stereocenters. The summed E-state index contributed by atoms with van der Waals surface area (Å²) in [6.07, 6.45) is 3.16. The summed E-state index contributed by atoms with van der Waals surface area (Å²) in [5.74, 6) is -1.32. The number of carboxylic acid groups (broad SMARTS) is 1. The monoisotopic (exact) mass is 347 g/mol. The Hall–Kier alpha value is -0.960. The Labute approximate surface area is 134 Å². The zero-order valence-corrected chi connectivity index (χ0v) is 14.1. The van der Waals surface area contributed by atoms with Crippen LogP contribution < -0.4 is 4.72 Å². The molecule has 0 amide bonds. The van der Waals surface area contributed by atoms with E-state index in [9.17, 15) is 18.3 Å². The number of sulfonamides is 1. The van der Waals surface area contributed by atoms with Crippen molar-refractivity contribution < 1.29 is 23.1 Å². The van der Waals surface area contributed by atoms with Crippen molar-refractivity contribution in [1.29, 1.82) is 0 Å². The molecule has 1 saturated carbocycles. The minimum atomic E-state index is -3.69. The minimum absolute atomic E-state index is 0.128. The molecule has 0 saturated heterocycles. The Bertz CT molecular complexity index is 591. The van der Waals surface area contributed by atoms with E-state index < -0.39 is 27.6 Å². The van der Waals surface area contributed by atoms with Crippen molar-refractivity contribution in [1.82, 2.24) is 4.72 Å². The number of rotatable bonds is 8. The largest absolute Gasteiger partial charge is 0.480 e. The molecule has 1 aliphatic rings. The van der Waals surface area contributed by atoms with Crippen molar-refractivity contribution in [3.8, 4) is 0 Å². The van der Waals surface area contributed by atoms with Gasteiger partial charge in [-0.15, -0.1) is 11.3 Å². The van der Waals surface area contributed by atoms with E-state index in [1.54, 1.807) is 0 Å². The summed E-state index contributed by atoms with van der Waals surface area (Å²) < 4.78 is 32.2. The van der Waals surface area contributed by atoms with Gasteiger partial charge in [0.05, 0.1) is 11.4 Å². The Morgan fingerprint density at radius 1 is 1.50 bits per heavy atom. The van der Waals surface area contributed by atoms with Crippen LogP contribution in [0.3, 0.4) is 0 Å². The summed E-state index contributed by atoms with van der Waals surface area (Å²) in [7, 11) is -2.25. The predicted molar refractivity (Wildman–Crippen MR) is 84.6 cm³/mol. The summed E-state index contributed by atoms with van der Waals surface area (Å²) >= 11 is 1.48. The van der Waals surface area contributed by atoms with Crippen LogP contribution in [0, 0.1) is 0 Å². The number of aryl methyl sites for hydroxylation is 1. The molecule has 6 nitrogen and oxygen atoms in total. The van der Waals surface area contributed by atoms with Gasteiger partial charge in [-0.1, -0.05) is 18.9 Å². The molecule has 124 valence electrons. The zero-order valence-electron chi connectivity index (χ0n) is 12.4. The lowest BCUT2D eigenvalue weighted by Crippen LogP contribution is -2.57. The van der Waals surface area contributed by atoms with Gasteiger partial charge in [0.1, 0.15) is 6.04 Å². The number of methoxy groups -OCH3 is 1. The molecule has 2 rings (SSSR count). The average Bonchev–Trinajstić information content (AvgIpc) is 3.14. The molecule has 0 aromatic carbocycles. The number of carboxylic acids is 1. The molecule has 8 heteroatoms. The fourth-order valence-corrected chi connectivity index (χ4v) is 5.01. The molecule has 1 aromatic rings. The third-order valence-electron chi connectivity index (χ3n) is 4.12. The highest BCUT2D eigenvalue weighted by Crippen LogP contribution is 2.36. The van der Waals surface area contributed by atoms with E-state index in [1.807, 2.05) is 17.5 Å². The number of carbonyl (C=O) groups is 1. The maximum absolute atomic E-state index is 12.2.